The molecule has 0 unspecified atom stereocenters. The number of imidazole rings is 1. The van der Waals surface area contributed by atoms with Crippen LogP contribution in [0.15, 0.2) is 34.8 Å². The zero-order valence-electron chi connectivity index (χ0n) is 15.1. The molecule has 0 bridgehead atoms. The molecule has 0 saturated carbocycles. The predicted molar refractivity (Wildman–Crippen MR) is 172 cm³/mol. The smallest absolute Gasteiger partial charge is 0.161 e. The summed E-state index contributed by atoms with van der Waals surface area (Å²) in [5.74, 6) is -1.87. The monoisotopic (exact) mass is 774 g/mol. The van der Waals surface area contributed by atoms with E-state index in [1.54, 1.807) is 88.8 Å². The van der Waals surface area contributed by atoms with Crippen molar-refractivity contribution in [1.29, 1.82) is 0 Å². The van der Waals surface area contributed by atoms with Gasteiger partial charge in [-0.3, -0.25) is 0 Å². The normalized spacial score (nSPS) is 9.45. The van der Waals surface area contributed by atoms with Crippen molar-refractivity contribution in [3.63, 3.8) is 0 Å². The number of aromatic nitrogens is 2. The number of halogens is 4. The summed E-state index contributed by atoms with van der Waals surface area (Å²) in [4.78, 5) is 7.03. The van der Waals surface area contributed by atoms with Crippen molar-refractivity contribution in [1.82, 2.24) is 9.97 Å². The number of nitrogens with one attached hydrogen (secondary N) is 1. The van der Waals surface area contributed by atoms with Crippen LogP contribution in [0.4, 0.5) is 13.2 Å². The van der Waals surface area contributed by atoms with E-state index in [-0.39, 0.29) is 5.82 Å². The summed E-state index contributed by atoms with van der Waals surface area (Å²) < 4.78 is 39.7. The van der Waals surface area contributed by atoms with Gasteiger partial charge in [0.05, 0.1) is 11.0 Å². The lowest BCUT2D eigenvalue weighted by atomic mass is 10.2. The van der Waals surface area contributed by atoms with Gasteiger partial charge in [-0.15, -0.1) is 0 Å². The van der Waals surface area contributed by atoms with E-state index in [9.17, 15) is 13.2 Å². The molecule has 0 aliphatic heterocycles. The Morgan fingerprint density at radius 1 is 0.727 bits per heavy atom. The van der Waals surface area contributed by atoms with Gasteiger partial charge in [-0.05, 0) is 34.1 Å². The number of benzene rings is 2. The average Bonchev–Trinajstić information content (AvgIpc) is 3.18. The predicted octanol–water partition coefficient (Wildman–Crippen LogP) is 4.38. The van der Waals surface area contributed by atoms with E-state index in [0.29, 0.717) is 26.9 Å². The van der Waals surface area contributed by atoms with Crippen LogP contribution in [0.3, 0.4) is 0 Å². The second kappa shape index (κ2) is 17.7. The molecule has 180 valence electrons. The van der Waals surface area contributed by atoms with Gasteiger partial charge in [0.25, 0.3) is 0 Å². The van der Waals surface area contributed by atoms with Crippen molar-refractivity contribution in [2.75, 3.05) is 0 Å². The van der Waals surface area contributed by atoms with Crippen molar-refractivity contribution >= 4 is 156 Å². The summed E-state index contributed by atoms with van der Waals surface area (Å²) in [5.41, 5.74) is 1.30. The maximum atomic E-state index is 13.1. The minimum Gasteiger partial charge on any atom is -0.338 e. The van der Waals surface area contributed by atoms with E-state index in [0.717, 1.165) is 12.1 Å². The first-order valence-electron chi connectivity index (χ1n) is 7.51. The fraction of sp³-hybridized carbons (Fsp3) is 0. The van der Waals surface area contributed by atoms with Gasteiger partial charge in [-0.2, -0.15) is 0 Å². The molecular formula is C13H6BrF3N2S14. The Morgan fingerprint density at radius 2 is 1.24 bits per heavy atom. The topological polar surface area (TPSA) is 28.7 Å². The van der Waals surface area contributed by atoms with E-state index in [1.165, 1.54) is 36.0 Å². The lowest BCUT2D eigenvalue weighted by Crippen LogP contribution is -1.83. The van der Waals surface area contributed by atoms with Crippen molar-refractivity contribution < 1.29 is 13.2 Å². The fourth-order valence-corrected chi connectivity index (χ4v) is 29.9. The van der Waals surface area contributed by atoms with Crippen molar-refractivity contribution in [3.8, 4) is 11.4 Å². The Kier molecular flexibility index (Phi) is 16.3. The van der Waals surface area contributed by atoms with Gasteiger partial charge in [0.15, 0.2) is 11.6 Å². The van der Waals surface area contributed by atoms with E-state index in [2.05, 4.69) is 25.9 Å². The van der Waals surface area contributed by atoms with Crippen LogP contribution in [0.1, 0.15) is 0 Å². The highest BCUT2D eigenvalue weighted by molar-refractivity contribution is 9.10. The molecule has 0 saturated heterocycles. The fourth-order valence-electron chi connectivity index (χ4n) is 1.93. The molecule has 3 rings (SSSR count). The minimum atomic E-state index is -0.955. The third-order valence-corrected chi connectivity index (χ3v) is 28.1. The summed E-state index contributed by atoms with van der Waals surface area (Å²) in [7, 11) is 19.9. The van der Waals surface area contributed by atoms with Crippen LogP contribution in [0.2, 0.25) is 0 Å². The van der Waals surface area contributed by atoms with Crippen molar-refractivity contribution in [3.05, 3.63) is 52.3 Å². The molecule has 20 heteroatoms. The minimum absolute atomic E-state index is 0.310. The van der Waals surface area contributed by atoms with Gasteiger partial charge < -0.3 is 4.98 Å². The summed E-state index contributed by atoms with van der Waals surface area (Å²) in [6.07, 6.45) is 0. The van der Waals surface area contributed by atoms with Crippen LogP contribution < -0.4 is 0 Å². The van der Waals surface area contributed by atoms with Gasteiger partial charge in [-0.25, -0.2) is 18.2 Å². The number of nitrogens with zero attached hydrogens (tertiary/aromatic N) is 1. The van der Waals surface area contributed by atoms with Crippen LogP contribution >= 0.6 is 15.9 Å². The summed E-state index contributed by atoms with van der Waals surface area (Å²) >= 11 is 12.6. The maximum Gasteiger partial charge on any atom is 0.161 e. The molecule has 0 amide bonds. The molecule has 0 fully saturated rings. The van der Waals surface area contributed by atoms with Gasteiger partial charge in [0.1, 0.15) is 11.6 Å². The number of H-pyrrole nitrogens is 1. The highest BCUT2D eigenvalue weighted by Crippen LogP contribution is 2.29. The lowest BCUT2D eigenvalue weighted by molar-refractivity contribution is 0.510. The molecule has 2 aromatic carbocycles. The molecule has 2 nitrogen and oxygen atoms in total. The first kappa shape index (κ1) is 30.5. The Morgan fingerprint density at radius 3 is 1.76 bits per heavy atom. The van der Waals surface area contributed by atoms with Crippen LogP contribution in [0, 0.1) is 17.5 Å². The molecule has 1 N–H and O–H groups in total. The Balaban J connectivity index is 0.000000248. The summed E-state index contributed by atoms with van der Waals surface area (Å²) in [6, 6.07) is 6.17. The van der Waals surface area contributed by atoms with Crippen LogP contribution in [-0.2, 0) is 129 Å². The second-order valence-corrected chi connectivity index (χ2v) is 26.9. The SMILES string of the molecule is Fc1ccc(-c2nc3cc(F)c(F)cc3[nH]2)c(Br)c1.S=S=S=S=S=S=S=S=S=S=S=S=S=S. The van der Waals surface area contributed by atoms with Crippen LogP contribution in [0.5, 0.6) is 0 Å². The second-order valence-electron chi connectivity index (χ2n) is 4.81. The van der Waals surface area contributed by atoms with Gasteiger partial charge in [0, 0.05) is 151 Å². The number of fused-ring (bicyclic) bond motifs is 1. The molecular weight excluding hydrogens is 770 g/mol. The maximum absolute atomic E-state index is 13.1. The Hall–Kier alpha value is 1.26. The average molecular weight is 776 g/mol. The largest absolute Gasteiger partial charge is 0.338 e. The molecule has 1 aromatic heterocycles. The number of hydrogen-bond donors (Lipinski definition) is 1. The zero-order chi connectivity index (χ0) is 24.1. The lowest BCUT2D eigenvalue weighted by Gasteiger charge is -2.00. The van der Waals surface area contributed by atoms with Crippen LogP contribution in [0.25, 0.3) is 22.4 Å². The molecule has 0 atom stereocenters. The first-order valence-corrected chi connectivity index (χ1v) is 25.6. The van der Waals surface area contributed by atoms with Crippen molar-refractivity contribution in [2.24, 2.45) is 0 Å². The molecule has 0 aliphatic carbocycles. The molecule has 0 spiro atoms. The van der Waals surface area contributed by atoms with Crippen molar-refractivity contribution in [2.45, 2.75) is 0 Å². The highest BCUT2D eigenvalue weighted by atomic mass is 79.9. The van der Waals surface area contributed by atoms with Crippen LogP contribution in [-0.4, -0.2) is 9.97 Å². The quantitative estimate of drug-likeness (QED) is 0.399. The Labute approximate surface area is 239 Å². The first-order chi connectivity index (χ1) is 16.0. The van der Waals surface area contributed by atoms with Gasteiger partial charge >= 0.3 is 0 Å². The summed E-state index contributed by atoms with van der Waals surface area (Å²) in [5, 5.41) is 0. The molecule has 33 heavy (non-hydrogen) atoms. The molecule has 3 aromatic rings. The zero-order valence-corrected chi connectivity index (χ0v) is 28.1. The molecule has 1 heterocycles. The van der Waals surface area contributed by atoms with E-state index in [4.69, 9.17) is 22.4 Å². The molecule has 0 radical (unpaired) electrons. The third kappa shape index (κ3) is 11.5. The number of aromatic amines is 1. The van der Waals surface area contributed by atoms with Gasteiger partial charge in [0.2, 0.25) is 0 Å². The number of rotatable bonds is 1. The standard InChI is InChI=1S/C13H6BrF3N2.S14/c14-8-3-6(15)1-2-7(8)13-18-11-4-9(16)10(17)5-12(11)19-13;1-3-5-7-9-11-13-14-12-10-8-6-4-2/h1-5H,(H,18,19);. The van der Waals surface area contributed by atoms with E-state index < -0.39 is 11.6 Å². The summed E-state index contributed by atoms with van der Waals surface area (Å²) in [6.45, 7) is 0. The van der Waals surface area contributed by atoms with E-state index >= 15 is 0 Å². The highest BCUT2D eigenvalue weighted by Gasteiger charge is 2.12. The number of hydrogen-bond acceptors (Lipinski definition) is 3. The van der Waals surface area contributed by atoms with E-state index in [1.807, 2.05) is 0 Å². The third-order valence-electron chi connectivity index (χ3n) is 3.02. The van der Waals surface area contributed by atoms with Gasteiger partial charge in [-0.1, -0.05) is 0 Å². The Bertz CT molecular complexity index is 1600. The molecule has 0 aliphatic rings.